The predicted octanol–water partition coefficient (Wildman–Crippen LogP) is 7.43. The van der Waals surface area contributed by atoms with E-state index in [1.807, 2.05) is 83.6 Å². The van der Waals surface area contributed by atoms with Crippen LogP contribution >= 0.6 is 22.7 Å². The minimum absolute atomic E-state index is 0.0463. The molecule has 0 radical (unpaired) electrons. The number of rotatable bonds is 8. The lowest BCUT2D eigenvalue weighted by Gasteiger charge is -2.16. The minimum Gasteiger partial charge on any atom is -0.481 e. The summed E-state index contributed by atoms with van der Waals surface area (Å²) in [7, 11) is 3.46. The number of carboxylic acid groups (broad SMARTS) is 1. The maximum atomic E-state index is 12.7. The number of aromatic nitrogens is 6. The summed E-state index contributed by atoms with van der Waals surface area (Å²) in [5.41, 5.74) is 6.88. The Hall–Kier alpha value is -7.17. The third-order valence-corrected chi connectivity index (χ3v) is 10.5. The molecule has 2 amide bonds. The van der Waals surface area contributed by atoms with Crippen LogP contribution in [0.1, 0.15) is 51.2 Å². The standard InChI is InChI=1S/2C20H16N4O2S.C2H4O2/c2*1-13(25)23(2)15-6-3-5-14(11-15)17-8-9-21-20-16(12-22-24(17)20)19(26)18-7-4-10-27-18;1-2(3)4/h2*3-12H,1-2H3;1H3,(H,3,4). The van der Waals surface area contributed by atoms with E-state index in [0.29, 0.717) is 32.2 Å². The average Bonchev–Trinajstić information content (AvgIpc) is 4.07. The van der Waals surface area contributed by atoms with Crippen molar-refractivity contribution in [3.63, 3.8) is 0 Å². The Balaban J connectivity index is 0.000000179. The monoisotopic (exact) mass is 812 g/mol. The van der Waals surface area contributed by atoms with Gasteiger partial charge in [0.15, 0.2) is 11.3 Å². The fraction of sp³-hybridized carbons (Fsp3) is 0.119. The van der Waals surface area contributed by atoms with Gasteiger partial charge in [-0.05, 0) is 59.3 Å². The van der Waals surface area contributed by atoms with Crippen molar-refractivity contribution in [1.29, 1.82) is 0 Å². The molecule has 8 rings (SSSR count). The number of thiophene rings is 2. The molecule has 1 N–H and O–H groups in total. The minimum atomic E-state index is -0.833. The average molecular weight is 813 g/mol. The van der Waals surface area contributed by atoms with Crippen molar-refractivity contribution in [3.8, 4) is 22.5 Å². The number of hydrogen-bond donors (Lipinski definition) is 1. The van der Waals surface area contributed by atoms with Gasteiger partial charge in [-0.25, -0.2) is 19.0 Å². The molecule has 0 fully saturated rings. The summed E-state index contributed by atoms with van der Waals surface area (Å²) >= 11 is 2.79. The molecule has 0 aliphatic heterocycles. The van der Waals surface area contributed by atoms with Crippen molar-refractivity contribution >= 4 is 74.7 Å². The normalized spacial score (nSPS) is 10.6. The Morgan fingerprint density at radius 1 is 0.586 bits per heavy atom. The van der Waals surface area contributed by atoms with E-state index in [1.165, 1.54) is 36.5 Å². The number of ketones is 2. The zero-order valence-electron chi connectivity index (χ0n) is 31.9. The molecule has 0 saturated carbocycles. The molecule has 6 heterocycles. The van der Waals surface area contributed by atoms with E-state index < -0.39 is 5.97 Å². The quantitative estimate of drug-likeness (QED) is 0.152. The third kappa shape index (κ3) is 8.77. The van der Waals surface area contributed by atoms with Crippen LogP contribution in [0.5, 0.6) is 0 Å². The number of carbonyl (C=O) groups is 5. The second-order valence-corrected chi connectivity index (χ2v) is 14.5. The van der Waals surface area contributed by atoms with Crippen molar-refractivity contribution in [1.82, 2.24) is 29.2 Å². The van der Waals surface area contributed by atoms with Crippen LogP contribution in [0.4, 0.5) is 11.4 Å². The second kappa shape index (κ2) is 17.7. The van der Waals surface area contributed by atoms with Crippen molar-refractivity contribution in [2.45, 2.75) is 20.8 Å². The molecule has 16 heteroatoms. The number of aliphatic carboxylic acids is 1. The number of fused-ring (bicyclic) bond motifs is 2. The lowest BCUT2D eigenvalue weighted by Crippen LogP contribution is -2.22. The van der Waals surface area contributed by atoms with Crippen LogP contribution < -0.4 is 9.80 Å². The Labute approximate surface area is 340 Å². The second-order valence-electron chi connectivity index (χ2n) is 12.6. The van der Waals surface area contributed by atoms with E-state index in [0.717, 1.165) is 40.8 Å². The van der Waals surface area contributed by atoms with Crippen LogP contribution in [0.15, 0.2) is 120 Å². The predicted molar refractivity (Wildman–Crippen MR) is 224 cm³/mol. The number of nitrogens with zero attached hydrogens (tertiary/aromatic N) is 8. The number of anilines is 2. The molecular formula is C42H36N8O6S2. The number of carbonyl (C=O) groups excluding carboxylic acids is 4. The van der Waals surface area contributed by atoms with Crippen molar-refractivity contribution < 1.29 is 29.1 Å². The molecule has 0 bridgehead atoms. The Kier molecular flexibility index (Phi) is 12.4. The molecule has 14 nitrogen and oxygen atoms in total. The van der Waals surface area contributed by atoms with E-state index in [9.17, 15) is 19.2 Å². The number of carboxylic acids is 1. The van der Waals surface area contributed by atoms with Gasteiger partial charge in [0, 0.05) is 69.8 Å². The molecule has 58 heavy (non-hydrogen) atoms. The van der Waals surface area contributed by atoms with Gasteiger partial charge >= 0.3 is 0 Å². The van der Waals surface area contributed by atoms with Crippen LogP contribution in [-0.2, 0) is 14.4 Å². The first-order valence-corrected chi connectivity index (χ1v) is 19.3. The highest BCUT2D eigenvalue weighted by Crippen LogP contribution is 2.28. The summed E-state index contributed by atoms with van der Waals surface area (Å²) < 4.78 is 3.32. The highest BCUT2D eigenvalue weighted by molar-refractivity contribution is 7.12. The Morgan fingerprint density at radius 2 is 0.983 bits per heavy atom. The molecule has 292 valence electrons. The molecule has 0 aliphatic carbocycles. The number of benzene rings is 2. The molecule has 6 aromatic heterocycles. The first-order chi connectivity index (χ1) is 27.8. The molecule has 0 atom stereocenters. The zero-order chi connectivity index (χ0) is 41.5. The van der Waals surface area contributed by atoms with E-state index >= 15 is 0 Å². The Morgan fingerprint density at radius 3 is 1.33 bits per heavy atom. The van der Waals surface area contributed by atoms with Crippen molar-refractivity contribution in [2.75, 3.05) is 23.9 Å². The fourth-order valence-corrected chi connectivity index (χ4v) is 7.09. The summed E-state index contributed by atoms with van der Waals surface area (Å²) in [5.74, 6) is -1.10. The largest absolute Gasteiger partial charge is 0.481 e. The zero-order valence-corrected chi connectivity index (χ0v) is 33.6. The van der Waals surface area contributed by atoms with Gasteiger partial charge in [-0.15, -0.1) is 22.7 Å². The van der Waals surface area contributed by atoms with Gasteiger partial charge in [-0.1, -0.05) is 36.4 Å². The first kappa shape index (κ1) is 40.5. The summed E-state index contributed by atoms with van der Waals surface area (Å²) in [6.45, 7) is 4.13. The van der Waals surface area contributed by atoms with E-state index in [4.69, 9.17) is 9.90 Å². The maximum Gasteiger partial charge on any atom is 0.300 e. The van der Waals surface area contributed by atoms with Gasteiger partial charge < -0.3 is 14.9 Å². The van der Waals surface area contributed by atoms with Crippen molar-refractivity contribution in [2.24, 2.45) is 0 Å². The van der Waals surface area contributed by atoms with Gasteiger partial charge in [-0.3, -0.25) is 24.0 Å². The topological polar surface area (TPSA) is 172 Å². The van der Waals surface area contributed by atoms with Gasteiger partial charge in [0.25, 0.3) is 5.97 Å². The van der Waals surface area contributed by atoms with E-state index in [-0.39, 0.29) is 23.4 Å². The summed E-state index contributed by atoms with van der Waals surface area (Å²) in [6, 6.07) is 26.2. The smallest absolute Gasteiger partial charge is 0.300 e. The van der Waals surface area contributed by atoms with Crippen LogP contribution in [0.25, 0.3) is 33.8 Å². The fourth-order valence-electron chi connectivity index (χ4n) is 5.73. The highest BCUT2D eigenvalue weighted by atomic mass is 32.1. The van der Waals surface area contributed by atoms with Crippen LogP contribution in [0, 0.1) is 0 Å². The summed E-state index contributed by atoms with van der Waals surface area (Å²) in [4.78, 5) is 71.0. The molecule has 0 saturated heterocycles. The summed E-state index contributed by atoms with van der Waals surface area (Å²) in [6.07, 6.45) is 6.44. The van der Waals surface area contributed by atoms with Crippen LogP contribution in [0.3, 0.4) is 0 Å². The molecule has 2 aromatic carbocycles. The maximum absolute atomic E-state index is 12.7. The molecule has 8 aromatic rings. The molecule has 0 aliphatic rings. The SMILES string of the molecule is CC(=O)N(C)c1cccc(-c2ccnc3c(C(=O)c4cccs4)cnn23)c1.CC(=O)N(C)c1cccc(-c2ccnc3c(C(=O)c4cccs4)cnn23)c1.CC(=O)O. The van der Waals surface area contributed by atoms with Gasteiger partial charge in [0.1, 0.15) is 0 Å². The lowest BCUT2D eigenvalue weighted by molar-refractivity contribution is -0.134. The van der Waals surface area contributed by atoms with E-state index in [2.05, 4.69) is 20.2 Å². The molecule has 0 spiro atoms. The third-order valence-electron chi connectivity index (χ3n) is 8.78. The van der Waals surface area contributed by atoms with Crippen molar-refractivity contribution in [3.05, 3.63) is 141 Å². The first-order valence-electron chi connectivity index (χ1n) is 17.6. The van der Waals surface area contributed by atoms with E-state index in [1.54, 1.807) is 69.8 Å². The van der Waals surface area contributed by atoms with Gasteiger partial charge in [-0.2, -0.15) is 10.2 Å². The molecular weight excluding hydrogens is 777 g/mol. The van der Waals surface area contributed by atoms with Gasteiger partial charge in [0.05, 0.1) is 44.7 Å². The Bertz CT molecular complexity index is 2590. The number of hydrogen-bond acceptors (Lipinski definition) is 11. The highest BCUT2D eigenvalue weighted by Gasteiger charge is 2.20. The summed E-state index contributed by atoms with van der Waals surface area (Å²) in [5, 5.41) is 19.9. The lowest BCUT2D eigenvalue weighted by atomic mass is 10.1. The van der Waals surface area contributed by atoms with Crippen LogP contribution in [0.2, 0.25) is 0 Å². The van der Waals surface area contributed by atoms with Crippen LogP contribution in [-0.4, -0.2) is 77.7 Å². The molecule has 0 unspecified atom stereocenters. The van der Waals surface area contributed by atoms with Gasteiger partial charge in [0.2, 0.25) is 23.4 Å². The number of amides is 2.